The maximum absolute atomic E-state index is 12.3. The van der Waals surface area contributed by atoms with Crippen molar-refractivity contribution in [2.75, 3.05) is 0 Å². The molecule has 0 unspecified atom stereocenters. The van der Waals surface area contributed by atoms with Crippen LogP contribution in [0.1, 0.15) is 47.6 Å². The summed E-state index contributed by atoms with van der Waals surface area (Å²) < 4.78 is 2.01. The van der Waals surface area contributed by atoms with Crippen LogP contribution in [-0.4, -0.2) is 26.0 Å². The van der Waals surface area contributed by atoms with E-state index in [1.165, 1.54) is 0 Å². The molecular formula is C21H25N3O2. The van der Waals surface area contributed by atoms with Gasteiger partial charge in [-0.05, 0) is 63.4 Å². The number of hydrogen-bond donors (Lipinski definition) is 2. The van der Waals surface area contributed by atoms with Gasteiger partial charge in [0, 0.05) is 17.5 Å². The topological polar surface area (TPSA) is 66.6 Å². The van der Waals surface area contributed by atoms with Gasteiger partial charge < -0.3 is 14.8 Å². The number of carbonyl (C=O) groups is 1. The Morgan fingerprint density at radius 1 is 1.19 bits per heavy atom. The van der Waals surface area contributed by atoms with E-state index in [4.69, 9.17) is 0 Å². The molecule has 2 N–H and O–H groups in total. The highest BCUT2D eigenvalue weighted by Gasteiger charge is 2.12. The average Bonchev–Trinajstić information content (AvgIpc) is 3.02. The van der Waals surface area contributed by atoms with Gasteiger partial charge in [-0.25, -0.2) is 4.98 Å². The number of aromatic nitrogens is 2. The van der Waals surface area contributed by atoms with Crippen LogP contribution >= 0.6 is 0 Å². The molecule has 2 heterocycles. The number of nitrogens with zero attached hydrogens (tertiary/aromatic N) is 2. The lowest BCUT2D eigenvalue weighted by Gasteiger charge is -2.16. The van der Waals surface area contributed by atoms with Crippen LogP contribution in [-0.2, 0) is 13.0 Å². The summed E-state index contributed by atoms with van der Waals surface area (Å²) in [5.74, 6) is -0.118. The molecule has 0 aliphatic carbocycles. The number of rotatable bonds is 6. The number of aryl methyl sites for hydroxylation is 2. The van der Waals surface area contributed by atoms with Gasteiger partial charge >= 0.3 is 0 Å². The largest absolute Gasteiger partial charge is 0.390 e. The van der Waals surface area contributed by atoms with Crippen LogP contribution in [0.3, 0.4) is 0 Å². The number of pyridine rings is 1. The summed E-state index contributed by atoms with van der Waals surface area (Å²) in [4.78, 5) is 16.9. The maximum atomic E-state index is 12.3. The van der Waals surface area contributed by atoms with Crippen molar-refractivity contribution in [2.24, 2.45) is 0 Å². The highest BCUT2D eigenvalue weighted by molar-refractivity contribution is 5.94. The van der Waals surface area contributed by atoms with Gasteiger partial charge in [-0.3, -0.25) is 4.79 Å². The first kappa shape index (κ1) is 18.1. The van der Waals surface area contributed by atoms with E-state index in [9.17, 15) is 9.90 Å². The van der Waals surface area contributed by atoms with Crippen molar-refractivity contribution in [3.63, 3.8) is 0 Å². The normalized spacial score (nSPS) is 11.7. The number of fused-ring (bicyclic) bond motifs is 1. The summed E-state index contributed by atoms with van der Waals surface area (Å²) >= 11 is 0. The highest BCUT2D eigenvalue weighted by Crippen LogP contribution is 2.14. The fraction of sp³-hybridized carbons (Fsp3) is 0.333. The minimum absolute atomic E-state index is 0.118. The quantitative estimate of drug-likeness (QED) is 0.716. The zero-order valence-electron chi connectivity index (χ0n) is 15.5. The van der Waals surface area contributed by atoms with E-state index in [-0.39, 0.29) is 5.91 Å². The van der Waals surface area contributed by atoms with Crippen molar-refractivity contribution in [2.45, 2.75) is 45.8 Å². The van der Waals surface area contributed by atoms with E-state index in [1.807, 2.05) is 60.0 Å². The Hall–Kier alpha value is -2.66. The Balaban J connectivity index is 1.59. The molecule has 3 aromatic rings. The standard InChI is InChI=1S/C21H25N3O2/c1-15-5-4-6-19-23-18(14-24(15)19)13-22-20(25)17-9-7-16(8-10-17)11-12-21(2,3)26/h4-10,14,26H,11-13H2,1-3H3,(H,22,25). The predicted molar refractivity (Wildman–Crippen MR) is 102 cm³/mol. The van der Waals surface area contributed by atoms with E-state index in [1.54, 1.807) is 13.8 Å². The van der Waals surface area contributed by atoms with Crippen molar-refractivity contribution >= 4 is 11.6 Å². The molecule has 1 amide bonds. The second kappa shape index (κ2) is 7.30. The zero-order valence-corrected chi connectivity index (χ0v) is 15.5. The Labute approximate surface area is 153 Å². The number of hydrogen-bond acceptors (Lipinski definition) is 3. The predicted octanol–water partition coefficient (Wildman–Crippen LogP) is 3.28. The van der Waals surface area contributed by atoms with Gasteiger partial charge in [0.25, 0.3) is 5.91 Å². The third-order valence-electron chi connectivity index (χ3n) is 4.42. The SMILES string of the molecule is Cc1cccc2nc(CNC(=O)c3ccc(CCC(C)(C)O)cc3)cn12. The summed E-state index contributed by atoms with van der Waals surface area (Å²) in [5.41, 5.74) is 3.87. The van der Waals surface area contributed by atoms with Crippen molar-refractivity contribution < 1.29 is 9.90 Å². The molecule has 0 radical (unpaired) electrons. The Morgan fingerprint density at radius 3 is 2.58 bits per heavy atom. The second-order valence-corrected chi connectivity index (χ2v) is 7.32. The number of nitrogens with one attached hydrogen (secondary N) is 1. The van der Waals surface area contributed by atoms with Crippen LogP contribution in [0.25, 0.3) is 5.65 Å². The van der Waals surface area contributed by atoms with Gasteiger partial charge in [0.1, 0.15) is 5.65 Å². The molecule has 136 valence electrons. The van der Waals surface area contributed by atoms with Crippen molar-refractivity contribution in [1.29, 1.82) is 0 Å². The molecule has 0 saturated carbocycles. The van der Waals surface area contributed by atoms with Gasteiger partial charge in [-0.2, -0.15) is 0 Å². The van der Waals surface area contributed by atoms with Crippen LogP contribution in [0.15, 0.2) is 48.7 Å². The highest BCUT2D eigenvalue weighted by atomic mass is 16.3. The van der Waals surface area contributed by atoms with Crippen LogP contribution in [0, 0.1) is 6.92 Å². The lowest BCUT2D eigenvalue weighted by Crippen LogP contribution is -2.23. The Kier molecular flexibility index (Phi) is 5.09. The van der Waals surface area contributed by atoms with Gasteiger partial charge in [0.05, 0.1) is 17.8 Å². The van der Waals surface area contributed by atoms with Crippen molar-refractivity contribution in [3.8, 4) is 0 Å². The fourth-order valence-corrected chi connectivity index (χ4v) is 2.83. The summed E-state index contributed by atoms with van der Waals surface area (Å²) in [7, 11) is 0. The van der Waals surface area contributed by atoms with Crippen LogP contribution in [0.5, 0.6) is 0 Å². The smallest absolute Gasteiger partial charge is 0.251 e. The van der Waals surface area contributed by atoms with Crippen LogP contribution in [0.2, 0.25) is 0 Å². The Morgan fingerprint density at radius 2 is 1.92 bits per heavy atom. The minimum Gasteiger partial charge on any atom is -0.390 e. The van der Waals surface area contributed by atoms with Gasteiger partial charge in [-0.15, -0.1) is 0 Å². The molecule has 0 aliphatic heterocycles. The molecule has 2 aromatic heterocycles. The third-order valence-corrected chi connectivity index (χ3v) is 4.42. The minimum atomic E-state index is -0.678. The molecule has 1 aromatic carbocycles. The summed E-state index contributed by atoms with van der Waals surface area (Å²) in [6.07, 6.45) is 3.42. The summed E-state index contributed by atoms with van der Waals surface area (Å²) in [6, 6.07) is 13.5. The zero-order chi connectivity index (χ0) is 18.7. The number of aliphatic hydroxyl groups is 1. The van der Waals surface area contributed by atoms with Gasteiger partial charge in [0.2, 0.25) is 0 Å². The first-order valence-electron chi connectivity index (χ1n) is 8.85. The average molecular weight is 351 g/mol. The lowest BCUT2D eigenvalue weighted by molar-refractivity contribution is 0.0713. The van der Waals surface area contributed by atoms with E-state index in [2.05, 4.69) is 10.3 Å². The first-order valence-corrected chi connectivity index (χ1v) is 8.85. The number of amides is 1. The number of benzene rings is 1. The van der Waals surface area contributed by atoms with Crippen molar-refractivity contribution in [1.82, 2.24) is 14.7 Å². The lowest BCUT2D eigenvalue weighted by atomic mass is 9.98. The van der Waals surface area contributed by atoms with Gasteiger partial charge in [-0.1, -0.05) is 18.2 Å². The van der Waals surface area contributed by atoms with E-state index in [0.717, 1.165) is 29.0 Å². The third kappa shape index (κ3) is 4.49. The first-order chi connectivity index (χ1) is 12.3. The molecule has 0 bridgehead atoms. The molecule has 5 nitrogen and oxygen atoms in total. The summed E-state index contributed by atoms with van der Waals surface area (Å²) in [5, 5.41) is 12.7. The molecule has 0 saturated heterocycles. The molecular weight excluding hydrogens is 326 g/mol. The molecule has 3 rings (SSSR count). The second-order valence-electron chi connectivity index (χ2n) is 7.32. The molecule has 0 spiro atoms. The van der Waals surface area contributed by atoms with Crippen LogP contribution < -0.4 is 5.32 Å². The Bertz CT molecular complexity index is 905. The van der Waals surface area contributed by atoms with Crippen LogP contribution in [0.4, 0.5) is 0 Å². The summed E-state index contributed by atoms with van der Waals surface area (Å²) in [6.45, 7) is 6.02. The van der Waals surface area contributed by atoms with E-state index < -0.39 is 5.60 Å². The fourth-order valence-electron chi connectivity index (χ4n) is 2.83. The van der Waals surface area contributed by atoms with E-state index in [0.29, 0.717) is 18.5 Å². The molecule has 26 heavy (non-hydrogen) atoms. The van der Waals surface area contributed by atoms with Crippen molar-refractivity contribution in [3.05, 3.63) is 71.2 Å². The number of carbonyl (C=O) groups excluding carboxylic acids is 1. The number of imidazole rings is 1. The monoisotopic (exact) mass is 351 g/mol. The van der Waals surface area contributed by atoms with Gasteiger partial charge in [0.15, 0.2) is 0 Å². The molecule has 5 heteroatoms. The van der Waals surface area contributed by atoms with E-state index >= 15 is 0 Å². The molecule has 0 atom stereocenters. The maximum Gasteiger partial charge on any atom is 0.251 e. The molecule has 0 fully saturated rings. The molecule has 0 aliphatic rings.